The van der Waals surface area contributed by atoms with Crippen molar-refractivity contribution in [2.75, 3.05) is 13.1 Å². The summed E-state index contributed by atoms with van der Waals surface area (Å²) in [6.07, 6.45) is 4.85. The van der Waals surface area contributed by atoms with Crippen LogP contribution in [-0.4, -0.2) is 40.8 Å². The van der Waals surface area contributed by atoms with Crippen molar-refractivity contribution in [2.45, 2.75) is 25.8 Å². The molecule has 1 saturated heterocycles. The third kappa shape index (κ3) is 2.85. The van der Waals surface area contributed by atoms with Crippen molar-refractivity contribution in [1.29, 1.82) is 0 Å². The largest absolute Gasteiger partial charge is 0.343 e. The number of nitrogens with one attached hydrogen (secondary N) is 1. The number of rotatable bonds is 4. The number of nitrogens with zero attached hydrogens (tertiary/aromatic N) is 2. The van der Waals surface area contributed by atoms with Gasteiger partial charge in [-0.2, -0.15) is 0 Å². The van der Waals surface area contributed by atoms with E-state index in [4.69, 9.17) is 0 Å². The molecule has 1 aromatic heterocycles. The van der Waals surface area contributed by atoms with Gasteiger partial charge in [0.1, 0.15) is 6.04 Å². The van der Waals surface area contributed by atoms with E-state index in [1.54, 1.807) is 17.3 Å². The lowest BCUT2D eigenvalue weighted by Gasteiger charge is -2.32. The van der Waals surface area contributed by atoms with E-state index in [9.17, 15) is 9.59 Å². The summed E-state index contributed by atoms with van der Waals surface area (Å²) in [5.41, 5.74) is 1.12. The predicted molar refractivity (Wildman–Crippen MR) is 66.7 cm³/mol. The Balaban J connectivity index is 1.95. The van der Waals surface area contributed by atoms with Gasteiger partial charge in [0.2, 0.25) is 11.8 Å². The Kier molecular flexibility index (Phi) is 3.92. The summed E-state index contributed by atoms with van der Waals surface area (Å²) in [6.45, 7) is 2.64. The smallest absolute Gasteiger partial charge is 0.245 e. The Morgan fingerprint density at radius 2 is 2.11 bits per heavy atom. The van der Waals surface area contributed by atoms with Crippen LogP contribution in [0, 0.1) is 0 Å². The molecule has 2 heterocycles. The van der Waals surface area contributed by atoms with Gasteiger partial charge in [-0.25, -0.2) is 0 Å². The predicted octanol–water partition coefficient (Wildman–Crippen LogP) is 0.361. The number of aromatic nitrogens is 1. The van der Waals surface area contributed by atoms with Crippen molar-refractivity contribution >= 4 is 11.8 Å². The number of hydrogen-bond acceptors (Lipinski definition) is 3. The lowest BCUT2D eigenvalue weighted by atomic mass is 10.1. The number of pyridine rings is 1. The molecule has 1 aliphatic heterocycles. The number of amides is 2. The lowest BCUT2D eigenvalue weighted by molar-refractivity contribution is -0.144. The van der Waals surface area contributed by atoms with Gasteiger partial charge in [0.05, 0.1) is 6.54 Å². The van der Waals surface area contributed by atoms with Crippen LogP contribution in [0.25, 0.3) is 0 Å². The maximum absolute atomic E-state index is 12.0. The van der Waals surface area contributed by atoms with Crippen LogP contribution in [0.5, 0.6) is 0 Å². The zero-order valence-electron chi connectivity index (χ0n) is 10.4. The van der Waals surface area contributed by atoms with Gasteiger partial charge < -0.3 is 10.2 Å². The Morgan fingerprint density at radius 1 is 1.39 bits per heavy atom. The molecule has 5 heteroatoms. The summed E-state index contributed by atoms with van der Waals surface area (Å²) in [4.78, 5) is 29.1. The van der Waals surface area contributed by atoms with Crippen LogP contribution in [0.3, 0.4) is 0 Å². The lowest BCUT2D eigenvalue weighted by Crippen LogP contribution is -2.58. The first-order valence-electron chi connectivity index (χ1n) is 6.17. The van der Waals surface area contributed by atoms with Crippen LogP contribution in [0.2, 0.25) is 0 Å². The molecule has 1 aromatic rings. The van der Waals surface area contributed by atoms with E-state index < -0.39 is 0 Å². The van der Waals surface area contributed by atoms with Crippen LogP contribution < -0.4 is 5.32 Å². The first-order valence-corrected chi connectivity index (χ1v) is 6.17. The Labute approximate surface area is 106 Å². The number of hydrogen-bond donors (Lipinski definition) is 1. The van der Waals surface area contributed by atoms with Crippen LogP contribution in [0.15, 0.2) is 24.5 Å². The molecule has 1 fully saturated rings. The average molecular weight is 247 g/mol. The second-order valence-electron chi connectivity index (χ2n) is 4.39. The van der Waals surface area contributed by atoms with Gasteiger partial charge in [0, 0.05) is 18.9 Å². The third-order valence-corrected chi connectivity index (χ3v) is 3.11. The third-order valence-electron chi connectivity index (χ3n) is 3.11. The molecule has 0 spiro atoms. The summed E-state index contributed by atoms with van der Waals surface area (Å²) >= 11 is 0. The van der Waals surface area contributed by atoms with Crippen molar-refractivity contribution in [3.05, 3.63) is 30.1 Å². The zero-order chi connectivity index (χ0) is 13.0. The van der Waals surface area contributed by atoms with Gasteiger partial charge in [0.25, 0.3) is 0 Å². The van der Waals surface area contributed by atoms with Crippen LogP contribution in [0.4, 0.5) is 0 Å². The molecular formula is C13H17N3O2. The first-order chi connectivity index (χ1) is 8.70. The van der Waals surface area contributed by atoms with Crippen LogP contribution >= 0.6 is 0 Å². The fourth-order valence-corrected chi connectivity index (χ4v) is 2.05. The number of carbonyl (C=O) groups is 2. The first kappa shape index (κ1) is 12.5. The van der Waals surface area contributed by atoms with Crippen molar-refractivity contribution < 1.29 is 9.59 Å². The molecule has 1 N–H and O–H groups in total. The highest BCUT2D eigenvalue weighted by molar-refractivity contribution is 5.94. The highest BCUT2D eigenvalue weighted by atomic mass is 16.2. The van der Waals surface area contributed by atoms with Crippen LogP contribution in [0.1, 0.15) is 18.9 Å². The molecule has 18 heavy (non-hydrogen) atoms. The standard InChI is InChI=1S/C13H17N3O2/c1-2-11-13(18)16(9-12(17)15-11)8-5-10-3-6-14-7-4-10/h3-4,6-7,11H,2,5,8-9H2,1H3,(H,15,17). The summed E-state index contributed by atoms with van der Waals surface area (Å²) in [5.74, 6) is -0.0534. The van der Waals surface area contributed by atoms with Crippen molar-refractivity contribution in [1.82, 2.24) is 15.2 Å². The molecule has 0 aromatic carbocycles. The number of carbonyl (C=O) groups excluding carboxylic acids is 2. The van der Waals surface area contributed by atoms with Crippen molar-refractivity contribution in [2.24, 2.45) is 0 Å². The van der Waals surface area contributed by atoms with E-state index in [1.165, 1.54) is 0 Å². The Bertz CT molecular complexity index is 433. The molecule has 2 amide bonds. The van der Waals surface area contributed by atoms with Gasteiger partial charge in [-0.1, -0.05) is 6.92 Å². The molecule has 0 aliphatic carbocycles. The van der Waals surface area contributed by atoms with Crippen molar-refractivity contribution in [3.63, 3.8) is 0 Å². The topological polar surface area (TPSA) is 62.3 Å². The fraction of sp³-hybridized carbons (Fsp3) is 0.462. The SMILES string of the molecule is CCC1NC(=O)CN(CCc2ccncc2)C1=O. The summed E-state index contributed by atoms with van der Waals surface area (Å²) < 4.78 is 0. The Hall–Kier alpha value is -1.91. The number of piperazine rings is 1. The molecule has 1 aliphatic rings. The van der Waals surface area contributed by atoms with E-state index >= 15 is 0 Å². The molecule has 1 unspecified atom stereocenters. The minimum Gasteiger partial charge on any atom is -0.343 e. The minimum atomic E-state index is -0.358. The summed E-state index contributed by atoms with van der Waals surface area (Å²) in [7, 11) is 0. The van der Waals surface area contributed by atoms with E-state index in [2.05, 4.69) is 10.3 Å². The molecule has 1 atom stereocenters. The Morgan fingerprint density at radius 3 is 2.78 bits per heavy atom. The van der Waals surface area contributed by atoms with E-state index in [0.29, 0.717) is 13.0 Å². The maximum Gasteiger partial charge on any atom is 0.245 e. The normalized spacial score (nSPS) is 19.8. The fourth-order valence-electron chi connectivity index (χ4n) is 2.05. The monoisotopic (exact) mass is 247 g/mol. The zero-order valence-corrected chi connectivity index (χ0v) is 10.4. The molecule has 0 saturated carbocycles. The van der Waals surface area contributed by atoms with Gasteiger partial charge in [0.15, 0.2) is 0 Å². The van der Waals surface area contributed by atoms with Crippen molar-refractivity contribution in [3.8, 4) is 0 Å². The molecule has 5 nitrogen and oxygen atoms in total. The van der Waals surface area contributed by atoms with E-state index in [-0.39, 0.29) is 24.4 Å². The summed E-state index contributed by atoms with van der Waals surface area (Å²) in [5, 5.41) is 2.70. The molecule has 0 bridgehead atoms. The second kappa shape index (κ2) is 5.62. The van der Waals surface area contributed by atoms with E-state index in [0.717, 1.165) is 12.0 Å². The van der Waals surface area contributed by atoms with Gasteiger partial charge in [-0.05, 0) is 30.5 Å². The maximum atomic E-state index is 12.0. The van der Waals surface area contributed by atoms with Gasteiger partial charge >= 0.3 is 0 Å². The minimum absolute atomic E-state index is 0.0196. The van der Waals surface area contributed by atoms with Gasteiger partial charge in [-0.15, -0.1) is 0 Å². The molecule has 2 rings (SSSR count). The highest BCUT2D eigenvalue weighted by Crippen LogP contribution is 2.07. The summed E-state index contributed by atoms with van der Waals surface area (Å²) in [6, 6.07) is 3.49. The quantitative estimate of drug-likeness (QED) is 0.835. The van der Waals surface area contributed by atoms with Gasteiger partial charge in [-0.3, -0.25) is 14.6 Å². The van der Waals surface area contributed by atoms with Crippen LogP contribution in [-0.2, 0) is 16.0 Å². The second-order valence-corrected chi connectivity index (χ2v) is 4.39. The highest BCUT2D eigenvalue weighted by Gasteiger charge is 2.30. The average Bonchev–Trinajstić information content (AvgIpc) is 2.40. The molecule has 0 radical (unpaired) electrons. The van der Waals surface area contributed by atoms with E-state index in [1.807, 2.05) is 19.1 Å². The molecule has 96 valence electrons. The molecular weight excluding hydrogens is 230 g/mol.